The summed E-state index contributed by atoms with van der Waals surface area (Å²) in [7, 11) is 0. The van der Waals surface area contributed by atoms with E-state index >= 15 is 0 Å². The highest BCUT2D eigenvalue weighted by atomic mass is 32.1. The van der Waals surface area contributed by atoms with Gasteiger partial charge in [-0.15, -0.1) is 21.5 Å². The molecule has 0 unspecified atom stereocenters. The summed E-state index contributed by atoms with van der Waals surface area (Å²) >= 11 is 1.79. The predicted molar refractivity (Wildman–Crippen MR) is 63.3 cm³/mol. The third kappa shape index (κ3) is 0.957. The first kappa shape index (κ1) is 8.41. The Hall–Kier alpha value is -1.75. The quantitative estimate of drug-likeness (QED) is 0.690. The molecule has 0 fully saturated rings. The molecule has 78 valence electrons. The van der Waals surface area contributed by atoms with Crippen LogP contribution in [0.4, 0.5) is 0 Å². The van der Waals surface area contributed by atoms with Gasteiger partial charge in [0.1, 0.15) is 11.3 Å². The molecule has 4 rings (SSSR count). The van der Waals surface area contributed by atoms with Crippen LogP contribution in [0.1, 0.15) is 21.8 Å². The predicted octanol–water partition coefficient (Wildman–Crippen LogP) is 1.83. The third-order valence-electron chi connectivity index (χ3n) is 2.94. The Morgan fingerprint density at radius 1 is 1.38 bits per heavy atom. The highest BCUT2D eigenvalue weighted by Crippen LogP contribution is 2.36. The Kier molecular flexibility index (Phi) is 1.52. The van der Waals surface area contributed by atoms with Crippen molar-refractivity contribution in [3.05, 3.63) is 34.2 Å². The molecule has 0 amide bonds. The van der Waals surface area contributed by atoms with E-state index in [9.17, 15) is 0 Å². The van der Waals surface area contributed by atoms with Crippen molar-refractivity contribution in [1.82, 2.24) is 14.8 Å². The molecule has 5 heteroatoms. The SMILES string of the molecule is C1=Cc2sc3c(c2C1)C=NCc1nncn1-3. The van der Waals surface area contributed by atoms with Gasteiger partial charge in [-0.3, -0.25) is 9.56 Å². The maximum absolute atomic E-state index is 4.41. The van der Waals surface area contributed by atoms with Gasteiger partial charge < -0.3 is 0 Å². The number of hydrogen-bond donors (Lipinski definition) is 0. The molecule has 0 saturated carbocycles. The first-order valence-electron chi connectivity index (χ1n) is 5.15. The third-order valence-corrected chi connectivity index (χ3v) is 4.15. The van der Waals surface area contributed by atoms with Crippen LogP contribution in [0.2, 0.25) is 0 Å². The fourth-order valence-corrected chi connectivity index (χ4v) is 3.40. The summed E-state index contributed by atoms with van der Waals surface area (Å²) in [5, 5.41) is 9.25. The molecule has 2 aliphatic rings. The highest BCUT2D eigenvalue weighted by molar-refractivity contribution is 7.16. The van der Waals surface area contributed by atoms with Crippen LogP contribution < -0.4 is 0 Å². The van der Waals surface area contributed by atoms with Crippen LogP contribution >= 0.6 is 11.3 Å². The van der Waals surface area contributed by atoms with Crippen molar-refractivity contribution >= 4 is 23.6 Å². The number of fused-ring (bicyclic) bond motifs is 5. The number of allylic oxidation sites excluding steroid dienone is 1. The largest absolute Gasteiger partial charge is 0.284 e. The molecule has 2 aromatic rings. The smallest absolute Gasteiger partial charge is 0.159 e. The molecular formula is C11H8N4S. The Morgan fingerprint density at radius 3 is 3.38 bits per heavy atom. The van der Waals surface area contributed by atoms with Gasteiger partial charge in [-0.25, -0.2) is 0 Å². The second-order valence-corrected chi connectivity index (χ2v) is 4.89. The number of nitrogens with zero attached hydrogens (tertiary/aromatic N) is 4. The average molecular weight is 228 g/mol. The Morgan fingerprint density at radius 2 is 2.38 bits per heavy atom. The number of rotatable bonds is 0. The molecule has 0 spiro atoms. The zero-order valence-corrected chi connectivity index (χ0v) is 9.24. The minimum Gasteiger partial charge on any atom is -0.284 e. The molecule has 1 aliphatic carbocycles. The van der Waals surface area contributed by atoms with Gasteiger partial charge in [-0.05, 0) is 18.1 Å². The lowest BCUT2D eigenvalue weighted by molar-refractivity contribution is 0.878. The van der Waals surface area contributed by atoms with E-state index in [1.165, 1.54) is 21.0 Å². The summed E-state index contributed by atoms with van der Waals surface area (Å²) in [6.07, 6.45) is 9.16. The molecule has 0 saturated heterocycles. The maximum Gasteiger partial charge on any atom is 0.159 e. The summed E-state index contributed by atoms with van der Waals surface area (Å²) in [6, 6.07) is 0. The van der Waals surface area contributed by atoms with Gasteiger partial charge >= 0.3 is 0 Å². The van der Waals surface area contributed by atoms with Gasteiger partial charge in [0.2, 0.25) is 0 Å². The van der Waals surface area contributed by atoms with Gasteiger partial charge in [0, 0.05) is 16.7 Å². The molecule has 0 N–H and O–H groups in total. The molecule has 1 aliphatic heterocycles. The van der Waals surface area contributed by atoms with Crippen molar-refractivity contribution in [3.63, 3.8) is 0 Å². The summed E-state index contributed by atoms with van der Waals surface area (Å²) in [6.45, 7) is 0.615. The van der Waals surface area contributed by atoms with Crippen LogP contribution in [-0.4, -0.2) is 21.0 Å². The van der Waals surface area contributed by atoms with Crippen LogP contribution in [0.5, 0.6) is 0 Å². The topological polar surface area (TPSA) is 43.1 Å². The lowest BCUT2D eigenvalue weighted by atomic mass is 10.1. The van der Waals surface area contributed by atoms with E-state index < -0.39 is 0 Å². The standard InChI is InChI=1S/C11H8N4S/c1-2-7-8-4-12-5-10-14-13-6-15(10)11(8)16-9(7)3-1/h1,3-4,6H,2,5H2. The van der Waals surface area contributed by atoms with E-state index in [1.807, 2.05) is 6.21 Å². The monoisotopic (exact) mass is 228 g/mol. The Balaban J connectivity index is 2.07. The van der Waals surface area contributed by atoms with Crippen LogP contribution in [0.15, 0.2) is 17.4 Å². The molecule has 0 atom stereocenters. The van der Waals surface area contributed by atoms with Crippen molar-refractivity contribution < 1.29 is 0 Å². The molecule has 2 aromatic heterocycles. The van der Waals surface area contributed by atoms with Gasteiger partial charge in [-0.1, -0.05) is 6.08 Å². The lowest BCUT2D eigenvalue weighted by Crippen LogP contribution is -1.97. The molecule has 0 aromatic carbocycles. The van der Waals surface area contributed by atoms with Crippen molar-refractivity contribution in [2.45, 2.75) is 13.0 Å². The number of aliphatic imine (C=N–C) groups is 1. The normalized spacial score (nSPS) is 15.8. The van der Waals surface area contributed by atoms with E-state index in [0.717, 1.165) is 12.2 Å². The van der Waals surface area contributed by atoms with Crippen molar-refractivity contribution in [3.8, 4) is 5.00 Å². The Labute approximate surface area is 96.0 Å². The summed E-state index contributed by atoms with van der Waals surface area (Å²) < 4.78 is 2.05. The zero-order chi connectivity index (χ0) is 10.5. The molecule has 3 heterocycles. The molecule has 0 radical (unpaired) electrons. The maximum atomic E-state index is 4.41. The number of hydrogen-bond acceptors (Lipinski definition) is 4. The van der Waals surface area contributed by atoms with E-state index in [0.29, 0.717) is 6.54 Å². The van der Waals surface area contributed by atoms with Crippen LogP contribution in [-0.2, 0) is 13.0 Å². The van der Waals surface area contributed by atoms with E-state index in [4.69, 9.17) is 0 Å². The van der Waals surface area contributed by atoms with Crippen LogP contribution in [0, 0.1) is 0 Å². The van der Waals surface area contributed by atoms with E-state index in [-0.39, 0.29) is 0 Å². The molecule has 16 heavy (non-hydrogen) atoms. The molecule has 4 nitrogen and oxygen atoms in total. The fraction of sp³-hybridized carbons (Fsp3) is 0.182. The van der Waals surface area contributed by atoms with Gasteiger partial charge in [0.05, 0.1) is 6.54 Å². The minimum atomic E-state index is 0.615. The summed E-state index contributed by atoms with van der Waals surface area (Å²) in [5.41, 5.74) is 2.63. The van der Waals surface area contributed by atoms with Gasteiger partial charge in [0.25, 0.3) is 0 Å². The molecular weight excluding hydrogens is 220 g/mol. The Bertz CT molecular complexity index is 632. The average Bonchev–Trinajstić information content (AvgIpc) is 2.93. The van der Waals surface area contributed by atoms with E-state index in [1.54, 1.807) is 17.7 Å². The van der Waals surface area contributed by atoms with Gasteiger partial charge in [-0.2, -0.15) is 0 Å². The van der Waals surface area contributed by atoms with Crippen molar-refractivity contribution in [2.24, 2.45) is 4.99 Å². The number of thiophene rings is 1. The van der Waals surface area contributed by atoms with Crippen LogP contribution in [0.25, 0.3) is 11.1 Å². The fourth-order valence-electron chi connectivity index (χ4n) is 2.18. The van der Waals surface area contributed by atoms with Crippen molar-refractivity contribution in [2.75, 3.05) is 0 Å². The molecule has 0 bridgehead atoms. The second-order valence-electron chi connectivity index (χ2n) is 3.86. The van der Waals surface area contributed by atoms with Crippen molar-refractivity contribution in [1.29, 1.82) is 0 Å². The van der Waals surface area contributed by atoms with E-state index in [2.05, 4.69) is 31.9 Å². The van der Waals surface area contributed by atoms with Gasteiger partial charge in [0.15, 0.2) is 5.82 Å². The number of aromatic nitrogens is 3. The van der Waals surface area contributed by atoms with Crippen LogP contribution in [0.3, 0.4) is 0 Å². The minimum absolute atomic E-state index is 0.615. The second kappa shape index (κ2) is 2.89. The summed E-state index contributed by atoms with van der Waals surface area (Å²) in [5.74, 6) is 0.916. The summed E-state index contributed by atoms with van der Waals surface area (Å²) in [4.78, 5) is 5.75. The lowest BCUT2D eigenvalue weighted by Gasteiger charge is -2.00. The highest BCUT2D eigenvalue weighted by Gasteiger charge is 2.22. The zero-order valence-electron chi connectivity index (χ0n) is 8.42. The first-order valence-corrected chi connectivity index (χ1v) is 5.96. The first-order chi connectivity index (χ1) is 7.93.